The molecule has 1 amide bonds. The second-order valence-electron chi connectivity index (χ2n) is 5.38. The number of hydrogen-bond donors (Lipinski definition) is 2. The van der Waals surface area contributed by atoms with Gasteiger partial charge in [0.25, 0.3) is 0 Å². The van der Waals surface area contributed by atoms with Crippen molar-refractivity contribution < 1.29 is 13.9 Å². The van der Waals surface area contributed by atoms with Gasteiger partial charge in [-0.2, -0.15) is 0 Å². The van der Waals surface area contributed by atoms with Crippen molar-refractivity contribution in [3.63, 3.8) is 0 Å². The molecule has 1 aliphatic heterocycles. The molecule has 4 nitrogen and oxygen atoms in total. The Morgan fingerprint density at radius 3 is 2.73 bits per heavy atom. The van der Waals surface area contributed by atoms with Gasteiger partial charge >= 0.3 is 0 Å². The lowest BCUT2D eigenvalue weighted by molar-refractivity contribution is -0.136. The minimum atomic E-state index is -0.466. The average Bonchev–Trinajstić information content (AvgIpc) is 2.47. The van der Waals surface area contributed by atoms with Gasteiger partial charge in [-0.15, -0.1) is 12.4 Å². The quantitative estimate of drug-likeness (QED) is 0.806. The second-order valence-corrected chi connectivity index (χ2v) is 6.24. The Morgan fingerprint density at radius 1 is 1.45 bits per heavy atom. The van der Waals surface area contributed by atoms with Crippen LogP contribution in [0.2, 0.25) is 0 Å². The van der Waals surface area contributed by atoms with Crippen LogP contribution in [0.15, 0.2) is 22.7 Å². The van der Waals surface area contributed by atoms with Crippen LogP contribution in [-0.4, -0.2) is 32.7 Å². The molecule has 0 saturated carbocycles. The van der Waals surface area contributed by atoms with Gasteiger partial charge in [0.1, 0.15) is 5.82 Å². The molecule has 0 bridgehead atoms. The number of rotatable bonds is 5. The summed E-state index contributed by atoms with van der Waals surface area (Å²) in [6.45, 7) is 2.43. The van der Waals surface area contributed by atoms with Crippen molar-refractivity contribution in [1.29, 1.82) is 0 Å². The van der Waals surface area contributed by atoms with Crippen LogP contribution in [0, 0.1) is 11.2 Å². The van der Waals surface area contributed by atoms with E-state index in [0.717, 1.165) is 31.5 Å². The van der Waals surface area contributed by atoms with E-state index in [-0.39, 0.29) is 24.1 Å². The van der Waals surface area contributed by atoms with Crippen molar-refractivity contribution in [2.75, 3.05) is 26.8 Å². The van der Waals surface area contributed by atoms with E-state index in [2.05, 4.69) is 26.6 Å². The van der Waals surface area contributed by atoms with Gasteiger partial charge in [-0.3, -0.25) is 4.79 Å². The minimum Gasteiger partial charge on any atom is -0.384 e. The minimum absolute atomic E-state index is 0. The highest BCUT2D eigenvalue weighted by molar-refractivity contribution is 9.10. The number of halogens is 3. The maximum absolute atomic E-state index is 13.1. The van der Waals surface area contributed by atoms with E-state index in [1.165, 1.54) is 12.1 Å². The van der Waals surface area contributed by atoms with Gasteiger partial charge in [0, 0.05) is 18.1 Å². The summed E-state index contributed by atoms with van der Waals surface area (Å²) in [5.74, 6) is -0.298. The Morgan fingerprint density at radius 2 is 2.14 bits per heavy atom. The molecular formula is C15H21BrClFN2O2. The largest absolute Gasteiger partial charge is 0.384 e. The van der Waals surface area contributed by atoms with Crippen molar-refractivity contribution in [2.24, 2.45) is 5.41 Å². The lowest BCUT2D eigenvalue weighted by atomic mass is 9.78. The number of piperidine rings is 1. The molecule has 2 N–H and O–H groups in total. The predicted molar refractivity (Wildman–Crippen MR) is 89.6 cm³/mol. The summed E-state index contributed by atoms with van der Waals surface area (Å²) in [5.41, 5.74) is 0.387. The summed E-state index contributed by atoms with van der Waals surface area (Å²) in [4.78, 5) is 12.6. The van der Waals surface area contributed by atoms with Crippen molar-refractivity contribution in [2.45, 2.75) is 19.4 Å². The smallest absolute Gasteiger partial charge is 0.228 e. The lowest BCUT2D eigenvalue weighted by Gasteiger charge is -2.35. The Hall–Kier alpha value is -0.690. The standard InChI is InChI=1S/C15H20BrFN2O2.ClH/c1-21-10-15(4-6-18-7-5-15)14(20)19-9-11-2-3-12(17)8-13(11)16;/h2-3,8,18H,4-7,9-10H2,1H3,(H,19,20);1H. The fourth-order valence-electron chi connectivity index (χ4n) is 2.65. The first kappa shape index (κ1) is 19.4. The third kappa shape index (κ3) is 4.65. The molecule has 1 fully saturated rings. The van der Waals surface area contributed by atoms with Gasteiger partial charge in [-0.1, -0.05) is 22.0 Å². The molecule has 7 heteroatoms. The number of hydrogen-bond acceptors (Lipinski definition) is 3. The summed E-state index contributed by atoms with van der Waals surface area (Å²) in [6.07, 6.45) is 1.52. The van der Waals surface area contributed by atoms with Crippen molar-refractivity contribution >= 4 is 34.2 Å². The van der Waals surface area contributed by atoms with E-state index in [1.54, 1.807) is 13.2 Å². The summed E-state index contributed by atoms with van der Waals surface area (Å²) in [5, 5.41) is 6.21. The Bertz CT molecular complexity index is 505. The van der Waals surface area contributed by atoms with Gasteiger partial charge in [0.2, 0.25) is 5.91 Å². The number of amides is 1. The molecule has 0 aliphatic carbocycles. The van der Waals surface area contributed by atoms with Crippen LogP contribution >= 0.6 is 28.3 Å². The van der Waals surface area contributed by atoms with E-state index >= 15 is 0 Å². The second kappa shape index (κ2) is 8.82. The molecule has 1 aromatic rings. The fourth-order valence-corrected chi connectivity index (χ4v) is 3.14. The Kier molecular flexibility index (Phi) is 7.76. The van der Waals surface area contributed by atoms with E-state index in [0.29, 0.717) is 17.6 Å². The maximum atomic E-state index is 13.1. The molecule has 1 heterocycles. The summed E-state index contributed by atoms with van der Waals surface area (Å²) in [7, 11) is 1.62. The molecule has 1 saturated heterocycles. The highest BCUT2D eigenvalue weighted by atomic mass is 79.9. The van der Waals surface area contributed by atoms with Gasteiger partial charge in [-0.05, 0) is 43.6 Å². The van der Waals surface area contributed by atoms with Crippen molar-refractivity contribution in [1.82, 2.24) is 10.6 Å². The van der Waals surface area contributed by atoms with E-state index < -0.39 is 5.41 Å². The zero-order chi connectivity index (χ0) is 15.3. The molecule has 22 heavy (non-hydrogen) atoms. The zero-order valence-corrected chi connectivity index (χ0v) is 14.9. The van der Waals surface area contributed by atoms with Crippen LogP contribution in [0.4, 0.5) is 4.39 Å². The SMILES string of the molecule is COCC1(C(=O)NCc2ccc(F)cc2Br)CCNCC1.Cl. The first-order valence-corrected chi connectivity index (χ1v) is 7.78. The fraction of sp³-hybridized carbons (Fsp3) is 0.533. The molecule has 0 aromatic heterocycles. The van der Waals surface area contributed by atoms with Crippen LogP contribution in [0.3, 0.4) is 0 Å². The third-order valence-corrected chi connectivity index (χ3v) is 4.66. The Labute approximate surface area is 144 Å². The highest BCUT2D eigenvalue weighted by Crippen LogP contribution is 2.29. The third-order valence-electron chi connectivity index (χ3n) is 3.92. The first-order valence-electron chi connectivity index (χ1n) is 6.99. The van der Waals surface area contributed by atoms with Gasteiger partial charge in [0.15, 0.2) is 0 Å². The van der Waals surface area contributed by atoms with Crippen LogP contribution in [0.1, 0.15) is 18.4 Å². The number of ether oxygens (including phenoxy) is 1. The number of carbonyl (C=O) groups excluding carboxylic acids is 1. The molecule has 0 spiro atoms. The van der Waals surface area contributed by atoms with Gasteiger partial charge in [-0.25, -0.2) is 4.39 Å². The molecule has 0 unspecified atom stereocenters. The topological polar surface area (TPSA) is 50.4 Å². The maximum Gasteiger partial charge on any atom is 0.228 e. The lowest BCUT2D eigenvalue weighted by Crippen LogP contribution is -2.50. The molecule has 0 atom stereocenters. The van der Waals surface area contributed by atoms with Crippen LogP contribution in [0.5, 0.6) is 0 Å². The average molecular weight is 396 g/mol. The zero-order valence-electron chi connectivity index (χ0n) is 12.5. The van der Waals surface area contributed by atoms with Crippen LogP contribution < -0.4 is 10.6 Å². The molecule has 1 aliphatic rings. The number of carbonyl (C=O) groups is 1. The first-order chi connectivity index (χ1) is 10.1. The van der Waals surface area contributed by atoms with Crippen molar-refractivity contribution in [3.05, 3.63) is 34.1 Å². The molecular weight excluding hydrogens is 375 g/mol. The van der Waals surface area contributed by atoms with Gasteiger partial charge in [0.05, 0.1) is 12.0 Å². The summed E-state index contributed by atoms with van der Waals surface area (Å²) < 4.78 is 19.0. The summed E-state index contributed by atoms with van der Waals surface area (Å²) >= 11 is 3.31. The molecule has 1 aromatic carbocycles. The number of nitrogens with one attached hydrogen (secondary N) is 2. The van der Waals surface area contributed by atoms with Crippen molar-refractivity contribution in [3.8, 4) is 0 Å². The van der Waals surface area contributed by atoms with Crippen LogP contribution in [0.25, 0.3) is 0 Å². The Balaban J connectivity index is 0.00000242. The predicted octanol–water partition coefficient (Wildman–Crippen LogP) is 2.64. The number of methoxy groups -OCH3 is 1. The summed E-state index contributed by atoms with van der Waals surface area (Å²) in [6, 6.07) is 4.46. The highest BCUT2D eigenvalue weighted by Gasteiger charge is 2.39. The van der Waals surface area contributed by atoms with Crippen LogP contribution in [-0.2, 0) is 16.1 Å². The monoisotopic (exact) mass is 394 g/mol. The molecule has 124 valence electrons. The number of benzene rings is 1. The normalized spacial score (nSPS) is 16.7. The van der Waals surface area contributed by atoms with E-state index in [9.17, 15) is 9.18 Å². The molecule has 0 radical (unpaired) electrons. The van der Waals surface area contributed by atoms with E-state index in [4.69, 9.17) is 4.74 Å². The van der Waals surface area contributed by atoms with Gasteiger partial charge < -0.3 is 15.4 Å². The molecule has 2 rings (SSSR count). The van der Waals surface area contributed by atoms with E-state index in [1.807, 2.05) is 0 Å².